The lowest BCUT2D eigenvalue weighted by atomic mass is 9.97. The molecule has 152 valence electrons. The lowest BCUT2D eigenvalue weighted by molar-refractivity contribution is -0.135. The molecule has 2 unspecified atom stereocenters. The van der Waals surface area contributed by atoms with E-state index in [9.17, 15) is 4.79 Å². The van der Waals surface area contributed by atoms with Gasteiger partial charge in [0.1, 0.15) is 12.4 Å². The standard InChI is InChI=1S/C22H23N7O/c30-19(13-28-11-1-8-24-28)29-16-4-5-18(29)20-17(12-16)26-21(14-6-9-23-10-7-14)27-22(20)25-15-2-3-15/h1,6-11,15-16,18H,2-5,12-13H2,(H,25,26,27). The molecular weight excluding hydrogens is 378 g/mol. The molecule has 2 atom stereocenters. The third-order valence-electron chi connectivity index (χ3n) is 6.29. The van der Waals surface area contributed by atoms with Gasteiger partial charge in [-0.25, -0.2) is 9.97 Å². The molecule has 1 aliphatic carbocycles. The Balaban J connectivity index is 1.39. The SMILES string of the molecule is O=C(Cn1cccn1)N1C2CCC1c1c(nc(-c3ccncc3)nc1NC1CC1)C2. The molecule has 8 nitrogen and oxygen atoms in total. The van der Waals surface area contributed by atoms with Crippen LogP contribution in [0.4, 0.5) is 5.82 Å². The van der Waals surface area contributed by atoms with Crippen LogP contribution in [-0.4, -0.2) is 47.6 Å². The number of hydrogen-bond acceptors (Lipinski definition) is 6. The molecule has 30 heavy (non-hydrogen) atoms. The fourth-order valence-corrected chi connectivity index (χ4v) is 4.76. The van der Waals surface area contributed by atoms with Gasteiger partial charge in [-0.1, -0.05) is 0 Å². The fourth-order valence-electron chi connectivity index (χ4n) is 4.76. The summed E-state index contributed by atoms with van der Waals surface area (Å²) in [6.45, 7) is 0.274. The maximum absolute atomic E-state index is 13.2. The van der Waals surface area contributed by atoms with Gasteiger partial charge >= 0.3 is 0 Å². The van der Waals surface area contributed by atoms with E-state index in [2.05, 4.69) is 20.3 Å². The minimum atomic E-state index is 0.0366. The molecule has 3 aromatic heterocycles. The molecule has 1 saturated carbocycles. The fraction of sp³-hybridized carbons (Fsp3) is 0.409. The first kappa shape index (κ1) is 17.6. The number of pyridine rings is 1. The second kappa shape index (κ2) is 6.90. The number of amides is 1. The molecule has 5 heterocycles. The topological polar surface area (TPSA) is 88.8 Å². The number of carbonyl (C=O) groups excluding carboxylic acids is 1. The summed E-state index contributed by atoms with van der Waals surface area (Å²) in [5.74, 6) is 1.75. The van der Waals surface area contributed by atoms with Crippen LogP contribution >= 0.6 is 0 Å². The number of nitrogens with one attached hydrogen (secondary N) is 1. The molecule has 1 saturated heterocycles. The summed E-state index contributed by atoms with van der Waals surface area (Å²) in [5, 5.41) is 7.82. The summed E-state index contributed by atoms with van der Waals surface area (Å²) in [4.78, 5) is 29.2. The molecule has 8 heteroatoms. The van der Waals surface area contributed by atoms with Crippen molar-refractivity contribution in [2.24, 2.45) is 0 Å². The van der Waals surface area contributed by atoms with E-state index in [-0.39, 0.29) is 24.5 Å². The van der Waals surface area contributed by atoms with Crippen LogP contribution in [0.2, 0.25) is 0 Å². The molecule has 0 radical (unpaired) electrons. The summed E-state index contributed by atoms with van der Waals surface area (Å²) >= 11 is 0. The second-order valence-electron chi connectivity index (χ2n) is 8.37. The molecule has 2 aliphatic heterocycles. The smallest absolute Gasteiger partial charge is 0.245 e. The zero-order valence-electron chi connectivity index (χ0n) is 16.6. The van der Waals surface area contributed by atoms with Gasteiger partial charge in [0.15, 0.2) is 5.82 Å². The van der Waals surface area contributed by atoms with Crippen molar-refractivity contribution in [3.8, 4) is 11.4 Å². The summed E-state index contributed by atoms with van der Waals surface area (Å²) in [7, 11) is 0. The van der Waals surface area contributed by atoms with E-state index in [1.165, 1.54) is 12.8 Å². The highest BCUT2D eigenvalue weighted by Crippen LogP contribution is 2.46. The number of rotatable bonds is 5. The maximum Gasteiger partial charge on any atom is 0.245 e. The van der Waals surface area contributed by atoms with E-state index in [0.717, 1.165) is 47.7 Å². The summed E-state index contributed by atoms with van der Waals surface area (Å²) in [5.41, 5.74) is 3.16. The zero-order valence-corrected chi connectivity index (χ0v) is 16.6. The van der Waals surface area contributed by atoms with Crippen LogP contribution in [0.5, 0.6) is 0 Å². The van der Waals surface area contributed by atoms with Crippen molar-refractivity contribution in [3.63, 3.8) is 0 Å². The Bertz CT molecular complexity index is 1080. The number of nitrogens with zero attached hydrogens (tertiary/aromatic N) is 6. The molecule has 2 bridgehead atoms. The van der Waals surface area contributed by atoms with Crippen LogP contribution in [-0.2, 0) is 17.8 Å². The molecule has 6 rings (SSSR count). The third-order valence-corrected chi connectivity index (χ3v) is 6.29. The maximum atomic E-state index is 13.2. The van der Waals surface area contributed by atoms with E-state index in [1.807, 2.05) is 24.4 Å². The number of aromatic nitrogens is 5. The highest BCUT2D eigenvalue weighted by molar-refractivity contribution is 5.78. The molecule has 1 N–H and O–H groups in total. The number of carbonyl (C=O) groups is 1. The number of hydrogen-bond donors (Lipinski definition) is 1. The normalized spacial score (nSPS) is 22.1. The minimum Gasteiger partial charge on any atom is -0.367 e. The second-order valence-corrected chi connectivity index (χ2v) is 8.37. The van der Waals surface area contributed by atoms with E-state index in [4.69, 9.17) is 9.97 Å². The Hall–Kier alpha value is -3.29. The van der Waals surface area contributed by atoms with Crippen LogP contribution in [0.3, 0.4) is 0 Å². The Morgan fingerprint density at radius 2 is 1.97 bits per heavy atom. The van der Waals surface area contributed by atoms with E-state index in [0.29, 0.717) is 6.04 Å². The van der Waals surface area contributed by atoms with Crippen molar-refractivity contribution in [2.75, 3.05) is 5.32 Å². The van der Waals surface area contributed by atoms with Crippen LogP contribution in [0.1, 0.15) is 43.0 Å². The monoisotopic (exact) mass is 401 g/mol. The molecule has 1 amide bonds. The van der Waals surface area contributed by atoms with Gasteiger partial charge in [-0.3, -0.25) is 14.5 Å². The van der Waals surface area contributed by atoms with Gasteiger partial charge in [0, 0.05) is 54.4 Å². The van der Waals surface area contributed by atoms with Crippen LogP contribution in [0, 0.1) is 0 Å². The summed E-state index contributed by atoms with van der Waals surface area (Å²) in [6, 6.07) is 6.44. The van der Waals surface area contributed by atoms with E-state index in [1.54, 1.807) is 23.3 Å². The molecule has 3 aromatic rings. The van der Waals surface area contributed by atoms with Gasteiger partial charge in [0.25, 0.3) is 0 Å². The van der Waals surface area contributed by atoms with Crippen LogP contribution < -0.4 is 5.32 Å². The quantitative estimate of drug-likeness (QED) is 0.707. The van der Waals surface area contributed by atoms with Gasteiger partial charge in [-0.15, -0.1) is 0 Å². The van der Waals surface area contributed by atoms with Crippen molar-refractivity contribution in [2.45, 2.75) is 56.8 Å². The molecule has 3 aliphatic rings. The van der Waals surface area contributed by atoms with Gasteiger partial charge < -0.3 is 10.2 Å². The Kier molecular flexibility index (Phi) is 4.04. The van der Waals surface area contributed by atoms with Gasteiger partial charge in [0.2, 0.25) is 5.91 Å². The molecular formula is C22H23N7O. The van der Waals surface area contributed by atoms with Gasteiger partial charge in [-0.05, 0) is 43.9 Å². The predicted octanol–water partition coefficient (Wildman–Crippen LogP) is 2.60. The molecule has 0 spiro atoms. The third kappa shape index (κ3) is 3.03. The lowest BCUT2D eigenvalue weighted by Crippen LogP contribution is -2.44. The number of anilines is 1. The Morgan fingerprint density at radius 3 is 2.73 bits per heavy atom. The Labute approximate surface area is 174 Å². The van der Waals surface area contributed by atoms with E-state index < -0.39 is 0 Å². The lowest BCUT2D eigenvalue weighted by Gasteiger charge is -2.37. The largest absolute Gasteiger partial charge is 0.367 e. The van der Waals surface area contributed by atoms with Crippen molar-refractivity contribution in [3.05, 3.63) is 54.2 Å². The minimum absolute atomic E-state index is 0.0366. The molecule has 2 fully saturated rings. The Morgan fingerprint density at radius 1 is 1.10 bits per heavy atom. The van der Waals surface area contributed by atoms with E-state index >= 15 is 0 Å². The first-order chi connectivity index (χ1) is 14.8. The average Bonchev–Trinajstić information content (AvgIpc) is 3.32. The van der Waals surface area contributed by atoms with Crippen molar-refractivity contribution >= 4 is 11.7 Å². The van der Waals surface area contributed by atoms with Crippen molar-refractivity contribution in [1.29, 1.82) is 0 Å². The zero-order chi connectivity index (χ0) is 20.1. The average molecular weight is 401 g/mol. The number of fused-ring (bicyclic) bond motifs is 4. The summed E-state index contributed by atoms with van der Waals surface area (Å²) < 4.78 is 1.70. The van der Waals surface area contributed by atoms with Gasteiger partial charge in [-0.2, -0.15) is 5.10 Å². The van der Waals surface area contributed by atoms with Crippen LogP contribution in [0.15, 0.2) is 43.0 Å². The van der Waals surface area contributed by atoms with Crippen molar-refractivity contribution < 1.29 is 4.79 Å². The first-order valence-electron chi connectivity index (χ1n) is 10.6. The highest BCUT2D eigenvalue weighted by atomic mass is 16.2. The summed E-state index contributed by atoms with van der Waals surface area (Å²) in [6.07, 6.45) is 12.1. The predicted molar refractivity (Wildman–Crippen MR) is 110 cm³/mol. The first-order valence-corrected chi connectivity index (χ1v) is 10.6. The van der Waals surface area contributed by atoms with Crippen LogP contribution in [0.25, 0.3) is 11.4 Å². The highest BCUT2D eigenvalue weighted by Gasteiger charge is 2.45. The van der Waals surface area contributed by atoms with Gasteiger partial charge in [0.05, 0.1) is 11.7 Å². The molecule has 0 aromatic carbocycles. The van der Waals surface area contributed by atoms with Crippen molar-refractivity contribution in [1.82, 2.24) is 29.6 Å².